The molecule has 1 aliphatic carbocycles. The molecule has 2 aromatic carbocycles. The number of nitrogens with zero attached hydrogens (tertiary/aromatic N) is 1. The van der Waals surface area contributed by atoms with Gasteiger partial charge in [0.2, 0.25) is 0 Å². The van der Waals surface area contributed by atoms with Gasteiger partial charge in [-0.1, -0.05) is 24.3 Å². The summed E-state index contributed by atoms with van der Waals surface area (Å²) in [6.07, 6.45) is 1.95. The lowest BCUT2D eigenvalue weighted by molar-refractivity contribution is -0.00180. The maximum atomic E-state index is 14.1. The van der Waals surface area contributed by atoms with Crippen LogP contribution in [0.15, 0.2) is 54.7 Å². The molecular weight excluding hydrogens is 349 g/mol. The lowest BCUT2D eigenvalue weighted by atomic mass is 9.96. The molecule has 27 heavy (non-hydrogen) atoms. The molecule has 0 bridgehead atoms. The van der Waals surface area contributed by atoms with Crippen LogP contribution in [0.4, 0.5) is 19.0 Å². The topological polar surface area (TPSA) is 24.9 Å². The number of hydrogen-bond acceptors (Lipinski definition) is 2. The Kier molecular flexibility index (Phi) is 4.38. The van der Waals surface area contributed by atoms with Crippen LogP contribution in [0.1, 0.15) is 28.7 Å². The fraction of sp³-hybridized carbons (Fsp3) is 0.227. The van der Waals surface area contributed by atoms with Crippen LogP contribution in [0.5, 0.6) is 0 Å². The Hall–Kier alpha value is -2.82. The second kappa shape index (κ2) is 6.72. The summed E-state index contributed by atoms with van der Waals surface area (Å²) in [6.45, 7) is 2.25. The van der Waals surface area contributed by atoms with Crippen molar-refractivity contribution < 1.29 is 13.2 Å². The van der Waals surface area contributed by atoms with Crippen molar-refractivity contribution in [1.29, 1.82) is 0 Å². The van der Waals surface area contributed by atoms with E-state index in [9.17, 15) is 13.2 Å². The number of fused-ring (bicyclic) bond motifs is 1. The van der Waals surface area contributed by atoms with Crippen LogP contribution >= 0.6 is 0 Å². The molecule has 0 saturated heterocycles. The summed E-state index contributed by atoms with van der Waals surface area (Å²) in [6, 6.07) is 13.6. The van der Waals surface area contributed by atoms with Crippen molar-refractivity contribution in [3.8, 4) is 11.1 Å². The van der Waals surface area contributed by atoms with E-state index in [1.807, 2.05) is 19.1 Å². The van der Waals surface area contributed by atoms with E-state index in [4.69, 9.17) is 0 Å². The largest absolute Gasteiger partial charge is 0.366 e. The molecule has 1 N–H and O–H groups in total. The number of anilines is 1. The molecule has 0 atom stereocenters. The van der Waals surface area contributed by atoms with Gasteiger partial charge in [-0.05, 0) is 54.3 Å². The summed E-state index contributed by atoms with van der Waals surface area (Å²) < 4.78 is 41.8. The van der Waals surface area contributed by atoms with Gasteiger partial charge in [-0.15, -0.1) is 0 Å². The van der Waals surface area contributed by atoms with Crippen LogP contribution in [0.3, 0.4) is 0 Å². The summed E-state index contributed by atoms with van der Waals surface area (Å²) >= 11 is 0. The van der Waals surface area contributed by atoms with Crippen LogP contribution < -0.4 is 5.32 Å². The van der Waals surface area contributed by atoms with Crippen molar-refractivity contribution in [3.05, 3.63) is 82.8 Å². The minimum absolute atomic E-state index is 0.123. The van der Waals surface area contributed by atoms with Crippen LogP contribution in [-0.2, 0) is 18.9 Å². The molecular formula is C22H19F3N2. The average molecular weight is 368 g/mol. The Bertz CT molecular complexity index is 981. The zero-order valence-corrected chi connectivity index (χ0v) is 14.9. The van der Waals surface area contributed by atoms with E-state index in [0.29, 0.717) is 24.3 Å². The van der Waals surface area contributed by atoms with Crippen LogP contribution in [0.25, 0.3) is 11.1 Å². The molecule has 3 aromatic rings. The number of pyridine rings is 1. The van der Waals surface area contributed by atoms with Crippen LogP contribution in [0, 0.1) is 12.7 Å². The first-order valence-corrected chi connectivity index (χ1v) is 8.89. The van der Waals surface area contributed by atoms with Crippen LogP contribution in [0.2, 0.25) is 0 Å². The molecule has 1 heterocycles. The van der Waals surface area contributed by atoms with Crippen molar-refractivity contribution in [3.63, 3.8) is 0 Å². The van der Waals surface area contributed by atoms with Gasteiger partial charge in [0.05, 0.1) is 0 Å². The van der Waals surface area contributed by atoms with Crippen molar-refractivity contribution in [2.24, 2.45) is 0 Å². The Morgan fingerprint density at radius 2 is 1.93 bits per heavy atom. The van der Waals surface area contributed by atoms with Gasteiger partial charge < -0.3 is 5.32 Å². The second-order valence-electron chi connectivity index (χ2n) is 6.91. The van der Waals surface area contributed by atoms with Gasteiger partial charge in [-0.2, -0.15) is 0 Å². The SMILES string of the molecule is Cc1cc2c(cc1-c1ccc(NCc3ccccc3F)nc1)C(F)(F)CC2. The van der Waals surface area contributed by atoms with Crippen molar-refractivity contribution in [2.75, 3.05) is 5.32 Å². The van der Waals surface area contributed by atoms with E-state index >= 15 is 0 Å². The quantitative estimate of drug-likeness (QED) is 0.625. The molecule has 138 valence electrons. The monoisotopic (exact) mass is 368 g/mol. The molecule has 0 unspecified atom stereocenters. The first-order valence-electron chi connectivity index (χ1n) is 8.89. The number of alkyl halides is 2. The molecule has 0 radical (unpaired) electrons. The van der Waals surface area contributed by atoms with Gasteiger partial charge in [0, 0.05) is 35.9 Å². The van der Waals surface area contributed by atoms with Gasteiger partial charge >= 0.3 is 0 Å². The van der Waals surface area contributed by atoms with E-state index in [0.717, 1.165) is 22.3 Å². The molecule has 0 spiro atoms. The first-order chi connectivity index (χ1) is 12.9. The van der Waals surface area contributed by atoms with Gasteiger partial charge in [0.15, 0.2) is 0 Å². The highest BCUT2D eigenvalue weighted by molar-refractivity contribution is 5.69. The van der Waals surface area contributed by atoms with Gasteiger partial charge in [-0.3, -0.25) is 0 Å². The fourth-order valence-corrected chi connectivity index (χ4v) is 3.54. The zero-order chi connectivity index (χ0) is 19.0. The van der Waals surface area contributed by atoms with E-state index in [1.165, 1.54) is 6.07 Å². The molecule has 0 amide bonds. The molecule has 5 heteroatoms. The second-order valence-corrected chi connectivity index (χ2v) is 6.91. The zero-order valence-electron chi connectivity index (χ0n) is 14.9. The summed E-state index contributed by atoms with van der Waals surface area (Å²) in [5.41, 5.74) is 3.93. The normalized spacial score (nSPS) is 14.8. The van der Waals surface area contributed by atoms with E-state index in [-0.39, 0.29) is 17.8 Å². The van der Waals surface area contributed by atoms with Crippen molar-refractivity contribution in [1.82, 2.24) is 4.98 Å². The third-order valence-corrected chi connectivity index (χ3v) is 5.04. The van der Waals surface area contributed by atoms with Crippen LogP contribution in [-0.4, -0.2) is 4.98 Å². The average Bonchev–Trinajstić information content (AvgIpc) is 2.95. The van der Waals surface area contributed by atoms with Gasteiger partial charge in [0.25, 0.3) is 5.92 Å². The van der Waals surface area contributed by atoms with Gasteiger partial charge in [-0.25, -0.2) is 18.2 Å². The third-order valence-electron chi connectivity index (χ3n) is 5.04. The standard InChI is InChI=1S/C22H19F3N2/c1-14-10-15-8-9-22(24,25)19(15)11-18(14)16-6-7-21(26-12-16)27-13-17-4-2-3-5-20(17)23/h2-7,10-12H,8-9,13H2,1H3,(H,26,27). The maximum absolute atomic E-state index is 14.1. The first kappa shape index (κ1) is 17.6. The molecule has 0 aliphatic heterocycles. The van der Waals surface area contributed by atoms with E-state index in [1.54, 1.807) is 36.5 Å². The number of rotatable bonds is 4. The minimum atomic E-state index is -2.76. The smallest absolute Gasteiger partial charge is 0.273 e. The van der Waals surface area contributed by atoms with Gasteiger partial charge in [0.1, 0.15) is 11.6 Å². The van der Waals surface area contributed by atoms with E-state index < -0.39 is 5.92 Å². The summed E-state index contributed by atoms with van der Waals surface area (Å²) in [5.74, 6) is -2.42. The summed E-state index contributed by atoms with van der Waals surface area (Å²) in [5, 5.41) is 3.08. The molecule has 0 fully saturated rings. The molecule has 0 saturated carbocycles. The Balaban J connectivity index is 1.55. The maximum Gasteiger partial charge on any atom is 0.273 e. The number of benzene rings is 2. The molecule has 1 aliphatic rings. The van der Waals surface area contributed by atoms with E-state index in [2.05, 4.69) is 10.3 Å². The Morgan fingerprint density at radius 1 is 1.11 bits per heavy atom. The minimum Gasteiger partial charge on any atom is -0.366 e. The highest BCUT2D eigenvalue weighted by atomic mass is 19.3. The highest BCUT2D eigenvalue weighted by Crippen LogP contribution is 2.44. The highest BCUT2D eigenvalue weighted by Gasteiger charge is 2.39. The Labute approximate surface area is 156 Å². The van der Waals surface area contributed by atoms with Crippen molar-refractivity contribution >= 4 is 5.82 Å². The number of nitrogens with one attached hydrogen (secondary N) is 1. The molecule has 2 nitrogen and oxygen atoms in total. The molecule has 4 rings (SSSR count). The lowest BCUT2D eigenvalue weighted by Crippen LogP contribution is -2.08. The molecule has 1 aromatic heterocycles. The van der Waals surface area contributed by atoms with Crippen molar-refractivity contribution in [2.45, 2.75) is 32.2 Å². The number of aromatic nitrogens is 1. The summed E-state index contributed by atoms with van der Waals surface area (Å²) in [4.78, 5) is 4.35. The fourth-order valence-electron chi connectivity index (χ4n) is 3.54. The predicted molar refractivity (Wildman–Crippen MR) is 100 cm³/mol. The number of halogens is 3. The third kappa shape index (κ3) is 3.42. The summed E-state index contributed by atoms with van der Waals surface area (Å²) in [7, 11) is 0. The Morgan fingerprint density at radius 3 is 2.67 bits per heavy atom. The lowest BCUT2D eigenvalue weighted by Gasteiger charge is -2.14. The number of hydrogen-bond donors (Lipinski definition) is 1. The number of aryl methyl sites for hydroxylation is 2. The predicted octanol–water partition coefficient (Wildman–Crippen LogP) is 5.85.